The minimum Gasteiger partial charge on any atom is -0.309 e. The molecule has 0 saturated carbocycles. The second kappa shape index (κ2) is 12.3. The first-order chi connectivity index (χ1) is 24.3. The zero-order valence-electron chi connectivity index (χ0n) is 27.0. The molecule has 0 aliphatic heterocycles. The van der Waals surface area contributed by atoms with Gasteiger partial charge < -0.3 is 4.90 Å². The Morgan fingerprint density at radius 1 is 0.286 bits per heavy atom. The maximum absolute atomic E-state index is 2.49. The van der Waals surface area contributed by atoms with E-state index in [0.717, 1.165) is 17.1 Å². The Bertz CT molecular complexity index is 2530. The Labute approximate surface area is 287 Å². The van der Waals surface area contributed by atoms with Gasteiger partial charge in [-0.3, -0.25) is 0 Å². The second-order valence-corrected chi connectivity index (χ2v) is 12.5. The van der Waals surface area contributed by atoms with Crippen molar-refractivity contribution in [1.82, 2.24) is 0 Å². The van der Waals surface area contributed by atoms with E-state index in [0.29, 0.717) is 0 Å². The maximum atomic E-state index is 2.49. The lowest BCUT2D eigenvalue weighted by Crippen LogP contribution is -2.12. The third-order valence-electron chi connectivity index (χ3n) is 9.60. The highest BCUT2D eigenvalue weighted by atomic mass is 15.1. The minimum atomic E-state index is 1.10. The van der Waals surface area contributed by atoms with Crippen LogP contribution in [0.25, 0.3) is 65.7 Å². The molecule has 230 valence electrons. The molecular formula is C48H33N. The van der Waals surface area contributed by atoms with E-state index in [1.54, 1.807) is 0 Å². The van der Waals surface area contributed by atoms with Crippen molar-refractivity contribution in [3.8, 4) is 33.4 Å². The Hall–Kier alpha value is -6.44. The lowest BCUT2D eigenvalue weighted by molar-refractivity contribution is 1.30. The molecule has 0 saturated heterocycles. The van der Waals surface area contributed by atoms with Gasteiger partial charge in [-0.1, -0.05) is 170 Å². The fourth-order valence-corrected chi connectivity index (χ4v) is 7.32. The molecule has 9 aromatic rings. The Kier molecular flexibility index (Phi) is 7.22. The molecule has 9 rings (SSSR count). The van der Waals surface area contributed by atoms with Crippen molar-refractivity contribution < 1.29 is 0 Å². The molecule has 49 heavy (non-hydrogen) atoms. The Morgan fingerprint density at radius 3 is 1.43 bits per heavy atom. The van der Waals surface area contributed by atoms with Crippen LogP contribution in [-0.2, 0) is 0 Å². The van der Waals surface area contributed by atoms with Gasteiger partial charge in [0.2, 0.25) is 0 Å². The highest BCUT2D eigenvalue weighted by molar-refractivity contribution is 6.13. The van der Waals surface area contributed by atoms with E-state index in [-0.39, 0.29) is 0 Å². The van der Waals surface area contributed by atoms with Crippen LogP contribution in [0.15, 0.2) is 200 Å². The van der Waals surface area contributed by atoms with Crippen molar-refractivity contribution in [2.75, 3.05) is 4.90 Å². The van der Waals surface area contributed by atoms with E-state index < -0.39 is 0 Å². The van der Waals surface area contributed by atoms with Gasteiger partial charge in [0.15, 0.2) is 0 Å². The highest BCUT2D eigenvalue weighted by Gasteiger charge is 2.23. The smallest absolute Gasteiger partial charge is 0.0546 e. The van der Waals surface area contributed by atoms with Crippen molar-refractivity contribution >= 4 is 49.4 Å². The highest BCUT2D eigenvalue weighted by Crippen LogP contribution is 2.48. The van der Waals surface area contributed by atoms with Gasteiger partial charge in [-0.2, -0.15) is 0 Å². The number of anilines is 3. The third kappa shape index (κ3) is 5.23. The lowest BCUT2D eigenvalue weighted by atomic mass is 9.91. The van der Waals surface area contributed by atoms with Gasteiger partial charge in [-0.25, -0.2) is 0 Å². The Balaban J connectivity index is 1.42. The van der Waals surface area contributed by atoms with Gasteiger partial charge in [0.1, 0.15) is 0 Å². The summed E-state index contributed by atoms with van der Waals surface area (Å²) in [4.78, 5) is 2.49. The van der Waals surface area contributed by atoms with Crippen LogP contribution in [0, 0.1) is 0 Å². The fraction of sp³-hybridized carbons (Fsp3) is 0. The number of fused-ring (bicyclic) bond motifs is 3. The van der Waals surface area contributed by atoms with Crippen LogP contribution in [-0.4, -0.2) is 0 Å². The van der Waals surface area contributed by atoms with Crippen LogP contribution in [0.4, 0.5) is 17.1 Å². The third-order valence-corrected chi connectivity index (χ3v) is 9.60. The van der Waals surface area contributed by atoms with Crippen LogP contribution in [0.5, 0.6) is 0 Å². The number of rotatable bonds is 6. The van der Waals surface area contributed by atoms with Gasteiger partial charge in [-0.05, 0) is 85.1 Å². The van der Waals surface area contributed by atoms with Crippen molar-refractivity contribution in [3.63, 3.8) is 0 Å². The Morgan fingerprint density at radius 2 is 0.776 bits per heavy atom. The van der Waals surface area contributed by atoms with Crippen LogP contribution in [0.1, 0.15) is 0 Å². The number of hydrogen-bond donors (Lipinski definition) is 0. The summed E-state index contributed by atoms with van der Waals surface area (Å²) in [7, 11) is 0. The van der Waals surface area contributed by atoms with Gasteiger partial charge in [0.05, 0.1) is 11.4 Å². The predicted octanol–water partition coefficient (Wildman–Crippen LogP) is 13.6. The zero-order valence-corrected chi connectivity index (χ0v) is 27.0. The van der Waals surface area contributed by atoms with E-state index >= 15 is 0 Å². The molecule has 9 aromatic carbocycles. The summed E-state index contributed by atoms with van der Waals surface area (Å²) in [6, 6.07) is 72.6. The standard InChI is InChI=1S/C48H33N/c1-3-15-34(16-4-1)39-31-40(35-17-5-2-6-18-35)33-41(32-39)49(46-28-14-23-37-20-8-11-25-43(37)46)47-30-29-38-21-9-12-26-44(38)48(47)45-27-13-22-36-19-7-10-24-42(36)45/h1-33H. The van der Waals surface area contributed by atoms with Crippen molar-refractivity contribution in [2.45, 2.75) is 0 Å². The first-order valence-corrected chi connectivity index (χ1v) is 16.9. The first-order valence-electron chi connectivity index (χ1n) is 16.9. The quantitative estimate of drug-likeness (QED) is 0.178. The lowest BCUT2D eigenvalue weighted by Gasteiger charge is -2.31. The molecule has 1 heteroatoms. The van der Waals surface area contributed by atoms with Gasteiger partial charge >= 0.3 is 0 Å². The summed E-state index contributed by atoms with van der Waals surface area (Å²) < 4.78 is 0. The number of hydrogen-bond acceptors (Lipinski definition) is 1. The molecule has 0 atom stereocenters. The topological polar surface area (TPSA) is 3.24 Å². The maximum Gasteiger partial charge on any atom is 0.0546 e. The second-order valence-electron chi connectivity index (χ2n) is 12.5. The van der Waals surface area contributed by atoms with Crippen molar-refractivity contribution in [2.24, 2.45) is 0 Å². The molecule has 1 nitrogen and oxygen atoms in total. The van der Waals surface area contributed by atoms with Crippen LogP contribution in [0.3, 0.4) is 0 Å². The molecule has 0 fully saturated rings. The van der Waals surface area contributed by atoms with E-state index in [4.69, 9.17) is 0 Å². The molecule has 0 heterocycles. The fourth-order valence-electron chi connectivity index (χ4n) is 7.32. The van der Waals surface area contributed by atoms with Crippen LogP contribution < -0.4 is 4.90 Å². The molecule has 0 N–H and O–H groups in total. The SMILES string of the molecule is c1ccc(-c2cc(-c3ccccc3)cc(N(c3ccc4ccccc4c3-c3cccc4ccccc34)c3cccc4ccccc34)c2)cc1. The average molecular weight is 624 g/mol. The predicted molar refractivity (Wildman–Crippen MR) is 210 cm³/mol. The molecular weight excluding hydrogens is 591 g/mol. The number of benzene rings is 9. The molecule has 0 spiro atoms. The van der Waals surface area contributed by atoms with E-state index in [1.165, 1.54) is 65.7 Å². The summed E-state index contributed by atoms with van der Waals surface area (Å²) >= 11 is 0. The van der Waals surface area contributed by atoms with Crippen molar-refractivity contribution in [3.05, 3.63) is 200 Å². The first kappa shape index (κ1) is 28.8. The van der Waals surface area contributed by atoms with E-state index in [9.17, 15) is 0 Å². The molecule has 0 aliphatic carbocycles. The van der Waals surface area contributed by atoms with Crippen molar-refractivity contribution in [1.29, 1.82) is 0 Å². The molecule has 0 unspecified atom stereocenters. The van der Waals surface area contributed by atoms with Gasteiger partial charge in [0, 0.05) is 16.6 Å². The zero-order chi connectivity index (χ0) is 32.6. The average Bonchev–Trinajstić information content (AvgIpc) is 3.18. The summed E-state index contributed by atoms with van der Waals surface area (Å²) in [5, 5.41) is 7.32. The summed E-state index contributed by atoms with van der Waals surface area (Å²) in [5.41, 5.74) is 10.5. The minimum absolute atomic E-state index is 1.10. The molecule has 0 aromatic heterocycles. The molecule has 0 aliphatic rings. The largest absolute Gasteiger partial charge is 0.309 e. The summed E-state index contributed by atoms with van der Waals surface area (Å²) in [5.74, 6) is 0. The summed E-state index contributed by atoms with van der Waals surface area (Å²) in [6.45, 7) is 0. The summed E-state index contributed by atoms with van der Waals surface area (Å²) in [6.07, 6.45) is 0. The van der Waals surface area contributed by atoms with Crippen LogP contribution in [0.2, 0.25) is 0 Å². The van der Waals surface area contributed by atoms with Gasteiger partial charge in [-0.15, -0.1) is 0 Å². The number of nitrogens with zero attached hydrogens (tertiary/aromatic N) is 1. The van der Waals surface area contributed by atoms with Crippen LogP contribution >= 0.6 is 0 Å². The van der Waals surface area contributed by atoms with E-state index in [1.807, 2.05) is 0 Å². The molecule has 0 bridgehead atoms. The van der Waals surface area contributed by atoms with E-state index in [2.05, 4.69) is 205 Å². The monoisotopic (exact) mass is 623 g/mol. The normalized spacial score (nSPS) is 11.3. The molecule has 0 radical (unpaired) electrons. The van der Waals surface area contributed by atoms with Gasteiger partial charge in [0.25, 0.3) is 0 Å². The molecule has 0 amide bonds.